The Kier molecular flexibility index (Phi) is 36.4. The molecule has 0 rings (SSSR count). The molecular formula is C3H13N3O4. The number of carbonyl (C=O) groups excluding carboxylic acids is 1. The Labute approximate surface area is 58.3 Å². The van der Waals surface area contributed by atoms with Crippen molar-refractivity contribution >= 4 is 5.78 Å². The summed E-state index contributed by atoms with van der Waals surface area (Å²) in [4.78, 5) is 17.8. The number of hydrogen-bond acceptors (Lipinski definition) is 5. The van der Waals surface area contributed by atoms with Gasteiger partial charge in [0.15, 0.2) is 0 Å². The molecule has 0 atom stereocenters. The molecule has 0 fully saturated rings. The summed E-state index contributed by atoms with van der Waals surface area (Å²) in [6, 6.07) is 0. The minimum atomic E-state index is -1.50. The minimum Gasteiger partial charge on any atom is -0.344 e. The summed E-state index contributed by atoms with van der Waals surface area (Å²) in [6.07, 6.45) is 0. The van der Waals surface area contributed by atoms with Crippen LogP contribution >= 0.6 is 0 Å². The highest BCUT2D eigenvalue weighted by atomic mass is 16.9. The third-order valence-corrected chi connectivity index (χ3v) is 0. The molecule has 0 aromatic rings. The van der Waals surface area contributed by atoms with Crippen LogP contribution < -0.4 is 12.3 Å². The van der Waals surface area contributed by atoms with Crippen molar-refractivity contribution in [3.63, 3.8) is 0 Å². The summed E-state index contributed by atoms with van der Waals surface area (Å²) in [5.74, 6) is 0.167. The first-order valence-corrected chi connectivity index (χ1v) is 1.77. The molecule has 0 aromatic heterocycles. The Balaban J connectivity index is -0.0000000300. The molecule has 0 aliphatic rings. The van der Waals surface area contributed by atoms with Gasteiger partial charge in [-0.25, -0.2) is 0 Å². The summed E-state index contributed by atoms with van der Waals surface area (Å²) < 4.78 is 0. The molecule has 0 radical (unpaired) electrons. The maximum atomic E-state index is 9.44. The Morgan fingerprint density at radius 2 is 1.40 bits per heavy atom. The molecule has 0 saturated carbocycles. The van der Waals surface area contributed by atoms with Crippen molar-refractivity contribution in [2.24, 2.45) is 0 Å². The van der Waals surface area contributed by atoms with E-state index in [1.165, 1.54) is 13.8 Å². The van der Waals surface area contributed by atoms with Gasteiger partial charge in [0.05, 0.1) is 0 Å². The van der Waals surface area contributed by atoms with Gasteiger partial charge in [-0.1, -0.05) is 0 Å². The lowest BCUT2D eigenvalue weighted by molar-refractivity contribution is -0.742. The SMILES string of the molecule is CC(C)=O.N.N.O=[N+]([O-])O. The lowest BCUT2D eigenvalue weighted by atomic mass is 10.6. The standard InChI is InChI=1S/C3H6O.HNO3.2H3N/c1-3(2)4;2-1(3)4;;/h1-2H3;(H,2,3,4);2*1H3. The first-order chi connectivity index (χ1) is 3.46. The van der Waals surface area contributed by atoms with Gasteiger partial charge in [-0.15, -0.1) is 10.1 Å². The topological polar surface area (TPSA) is 150 Å². The number of Topliss-reactive ketones (excluding diaryl/α,β-unsaturated/α-hetero) is 1. The van der Waals surface area contributed by atoms with Gasteiger partial charge >= 0.3 is 0 Å². The molecule has 0 heterocycles. The van der Waals surface area contributed by atoms with Crippen molar-refractivity contribution in [2.45, 2.75) is 13.8 Å². The van der Waals surface area contributed by atoms with E-state index in [1.807, 2.05) is 0 Å². The molecule has 0 amide bonds. The van der Waals surface area contributed by atoms with E-state index in [2.05, 4.69) is 0 Å². The Hall–Kier alpha value is -1.21. The van der Waals surface area contributed by atoms with Crippen LogP contribution in [0.1, 0.15) is 13.8 Å². The van der Waals surface area contributed by atoms with Gasteiger partial charge in [0.1, 0.15) is 5.78 Å². The van der Waals surface area contributed by atoms with Crippen LogP contribution in [0.5, 0.6) is 0 Å². The Morgan fingerprint density at radius 1 is 1.40 bits per heavy atom. The van der Waals surface area contributed by atoms with Gasteiger partial charge in [-0.3, -0.25) is 0 Å². The zero-order valence-corrected chi connectivity index (χ0v) is 6.03. The summed E-state index contributed by atoms with van der Waals surface area (Å²) in [5, 5.41) is 13.6. The summed E-state index contributed by atoms with van der Waals surface area (Å²) >= 11 is 0. The van der Waals surface area contributed by atoms with Gasteiger partial charge in [-0.05, 0) is 13.8 Å². The molecule has 0 aliphatic carbocycles. The highest BCUT2D eigenvalue weighted by Crippen LogP contribution is 1.50. The van der Waals surface area contributed by atoms with E-state index in [0.29, 0.717) is 0 Å². The van der Waals surface area contributed by atoms with Crippen molar-refractivity contribution in [3.05, 3.63) is 10.1 Å². The maximum Gasteiger partial charge on any atom is 0.291 e. The van der Waals surface area contributed by atoms with Gasteiger partial charge in [0.2, 0.25) is 0 Å². The number of hydrogen-bond donors (Lipinski definition) is 3. The molecule has 7 heteroatoms. The van der Waals surface area contributed by atoms with Crippen LogP contribution in [-0.2, 0) is 4.79 Å². The molecule has 7 N–H and O–H groups in total. The van der Waals surface area contributed by atoms with Crippen LogP contribution in [0.3, 0.4) is 0 Å². The predicted molar refractivity (Wildman–Crippen MR) is 35.2 cm³/mol. The van der Waals surface area contributed by atoms with Gasteiger partial charge < -0.3 is 22.3 Å². The fourth-order valence-corrected chi connectivity index (χ4v) is 0. The highest BCUT2D eigenvalue weighted by molar-refractivity contribution is 5.72. The van der Waals surface area contributed by atoms with Crippen molar-refractivity contribution in [2.75, 3.05) is 0 Å². The fourth-order valence-electron chi connectivity index (χ4n) is 0. The molecule has 0 saturated heterocycles. The molecular weight excluding hydrogens is 142 g/mol. The van der Waals surface area contributed by atoms with Crippen LogP contribution in [0, 0.1) is 10.1 Å². The van der Waals surface area contributed by atoms with Gasteiger partial charge in [0.25, 0.3) is 5.09 Å². The van der Waals surface area contributed by atoms with E-state index < -0.39 is 5.09 Å². The molecule has 10 heavy (non-hydrogen) atoms. The van der Waals surface area contributed by atoms with E-state index in [4.69, 9.17) is 15.3 Å². The summed E-state index contributed by atoms with van der Waals surface area (Å²) in [7, 11) is 0. The van der Waals surface area contributed by atoms with E-state index >= 15 is 0 Å². The molecule has 0 spiro atoms. The molecule has 0 unspecified atom stereocenters. The second-order valence-corrected chi connectivity index (χ2v) is 1.15. The zero-order chi connectivity index (χ0) is 7.15. The highest BCUT2D eigenvalue weighted by Gasteiger charge is 1.65. The zero-order valence-electron chi connectivity index (χ0n) is 6.03. The lowest BCUT2D eigenvalue weighted by Gasteiger charge is -1.56. The monoisotopic (exact) mass is 155 g/mol. The van der Waals surface area contributed by atoms with Crippen molar-refractivity contribution in [3.8, 4) is 0 Å². The Bertz CT molecular complexity index is 73.7. The van der Waals surface area contributed by atoms with Crippen LogP contribution in [-0.4, -0.2) is 16.1 Å². The molecule has 0 aliphatic heterocycles. The quantitative estimate of drug-likeness (QED) is 0.343. The average Bonchev–Trinajstić information content (AvgIpc) is 1.25. The molecule has 0 aromatic carbocycles. The second kappa shape index (κ2) is 15.7. The van der Waals surface area contributed by atoms with E-state index in [9.17, 15) is 4.79 Å². The molecule has 7 nitrogen and oxygen atoms in total. The number of nitrogens with zero attached hydrogens (tertiary/aromatic N) is 1. The third-order valence-electron chi connectivity index (χ3n) is 0. The van der Waals surface area contributed by atoms with Gasteiger partial charge in [0, 0.05) is 0 Å². The maximum absolute atomic E-state index is 9.44. The van der Waals surface area contributed by atoms with Crippen LogP contribution in [0.25, 0.3) is 0 Å². The third kappa shape index (κ3) is 155. The van der Waals surface area contributed by atoms with E-state index in [1.54, 1.807) is 0 Å². The smallest absolute Gasteiger partial charge is 0.291 e. The van der Waals surface area contributed by atoms with Crippen molar-refractivity contribution < 1.29 is 15.1 Å². The predicted octanol–water partition coefficient (Wildman–Crippen LogP) is 0.572. The summed E-state index contributed by atoms with van der Waals surface area (Å²) in [5.41, 5.74) is 0. The van der Waals surface area contributed by atoms with E-state index in [-0.39, 0.29) is 18.1 Å². The molecule has 64 valence electrons. The first-order valence-electron chi connectivity index (χ1n) is 1.77. The average molecular weight is 155 g/mol. The van der Waals surface area contributed by atoms with Crippen LogP contribution in [0.15, 0.2) is 0 Å². The Morgan fingerprint density at radius 3 is 1.40 bits per heavy atom. The summed E-state index contributed by atoms with van der Waals surface area (Å²) in [6.45, 7) is 3.06. The largest absolute Gasteiger partial charge is 0.344 e. The molecule has 0 bridgehead atoms. The van der Waals surface area contributed by atoms with Gasteiger partial charge in [-0.2, -0.15) is 0 Å². The minimum absolute atomic E-state index is 0. The van der Waals surface area contributed by atoms with Crippen molar-refractivity contribution in [1.82, 2.24) is 12.3 Å². The number of carbonyl (C=O) groups is 1. The van der Waals surface area contributed by atoms with E-state index in [0.717, 1.165) is 0 Å². The lowest BCUT2D eigenvalue weighted by Crippen LogP contribution is -1.81. The normalized spacial score (nSPS) is 5.00. The number of rotatable bonds is 0. The second-order valence-electron chi connectivity index (χ2n) is 1.15. The van der Waals surface area contributed by atoms with Crippen molar-refractivity contribution in [1.29, 1.82) is 0 Å². The van der Waals surface area contributed by atoms with Crippen LogP contribution in [0.4, 0.5) is 0 Å². The number of ketones is 1. The van der Waals surface area contributed by atoms with Crippen LogP contribution in [0.2, 0.25) is 0 Å². The fraction of sp³-hybridized carbons (Fsp3) is 0.667. The first kappa shape index (κ1) is 23.2.